The maximum absolute atomic E-state index is 12.9. The van der Waals surface area contributed by atoms with Crippen molar-refractivity contribution in [2.24, 2.45) is 0 Å². The van der Waals surface area contributed by atoms with E-state index >= 15 is 0 Å². The van der Waals surface area contributed by atoms with Crippen molar-refractivity contribution in [3.63, 3.8) is 0 Å². The molecular weight excluding hydrogens is 382 g/mol. The number of rotatable bonds is 5. The fourth-order valence-corrected chi connectivity index (χ4v) is 4.93. The number of nitrogens with one attached hydrogen (secondary N) is 1. The van der Waals surface area contributed by atoms with Gasteiger partial charge in [0.1, 0.15) is 0 Å². The zero-order valence-corrected chi connectivity index (χ0v) is 17.6. The number of hydrogen-bond donors (Lipinski definition) is 1. The molecule has 0 spiro atoms. The predicted molar refractivity (Wildman–Crippen MR) is 107 cm³/mol. The van der Waals surface area contributed by atoms with Gasteiger partial charge in [0.05, 0.1) is 21.8 Å². The van der Waals surface area contributed by atoms with Crippen LogP contribution >= 0.6 is 0 Å². The van der Waals surface area contributed by atoms with Gasteiger partial charge in [-0.05, 0) is 51.0 Å². The lowest BCUT2D eigenvalue weighted by Crippen LogP contribution is -2.37. The highest BCUT2D eigenvalue weighted by molar-refractivity contribution is 7.89. The van der Waals surface area contributed by atoms with E-state index in [9.17, 15) is 12.6 Å². The van der Waals surface area contributed by atoms with E-state index in [1.54, 1.807) is 24.3 Å². The molecule has 0 saturated heterocycles. The second-order valence-electron chi connectivity index (χ2n) is 7.80. The molecule has 3 rings (SSSR count). The quantitative estimate of drug-likeness (QED) is 0.824. The summed E-state index contributed by atoms with van der Waals surface area (Å²) in [5.41, 5.74) is 2.86. The first kappa shape index (κ1) is 20.2. The molecule has 0 aliphatic heterocycles. The highest BCUT2D eigenvalue weighted by Gasteiger charge is 2.39. The summed E-state index contributed by atoms with van der Waals surface area (Å²) < 4.78 is 46.3. The van der Waals surface area contributed by atoms with Crippen LogP contribution in [0.2, 0.25) is 0 Å². The molecule has 0 unspecified atom stereocenters. The summed E-state index contributed by atoms with van der Waals surface area (Å²) in [6.45, 7) is 7.40. The first-order valence-corrected chi connectivity index (χ1v) is 11.4. The molecule has 7 heteroatoms. The van der Waals surface area contributed by atoms with Crippen molar-refractivity contribution in [2.75, 3.05) is 0 Å². The minimum atomic E-state index is -3.74. The standard InChI is InChI=1S/C20H25NO4S2/c1-14-9-11-16(12-10-14)27(23,24)21-19-17-8-6-5-7-15(17)13-18(19)25-26(22)20(2,3)4/h5-12,18-19,21H,13H2,1-4H3/t18-,19+,26-/m0/s1. The minimum absolute atomic E-state index is 0.202. The Morgan fingerprint density at radius 3 is 2.33 bits per heavy atom. The molecule has 0 saturated carbocycles. The highest BCUT2D eigenvalue weighted by atomic mass is 32.2. The summed E-state index contributed by atoms with van der Waals surface area (Å²) in [5.74, 6) is 0. The molecule has 27 heavy (non-hydrogen) atoms. The Morgan fingerprint density at radius 2 is 1.70 bits per heavy atom. The lowest BCUT2D eigenvalue weighted by molar-refractivity contribution is 0.194. The molecule has 1 N–H and O–H groups in total. The topological polar surface area (TPSA) is 72.5 Å². The van der Waals surface area contributed by atoms with Gasteiger partial charge in [0, 0.05) is 6.42 Å². The Morgan fingerprint density at radius 1 is 1.07 bits per heavy atom. The van der Waals surface area contributed by atoms with Gasteiger partial charge in [-0.15, -0.1) is 0 Å². The van der Waals surface area contributed by atoms with Gasteiger partial charge >= 0.3 is 0 Å². The molecule has 0 fully saturated rings. The van der Waals surface area contributed by atoms with Crippen molar-refractivity contribution in [2.45, 2.75) is 55.9 Å². The van der Waals surface area contributed by atoms with Gasteiger partial charge in [0.25, 0.3) is 0 Å². The van der Waals surface area contributed by atoms with Crippen molar-refractivity contribution < 1.29 is 16.8 Å². The van der Waals surface area contributed by atoms with E-state index in [-0.39, 0.29) is 4.90 Å². The van der Waals surface area contributed by atoms with E-state index in [1.165, 1.54) is 0 Å². The zero-order valence-electron chi connectivity index (χ0n) is 15.9. The minimum Gasteiger partial charge on any atom is -0.284 e. The van der Waals surface area contributed by atoms with Gasteiger partial charge in [0.2, 0.25) is 10.0 Å². The maximum Gasteiger partial charge on any atom is 0.241 e. The first-order chi connectivity index (χ1) is 12.6. The summed E-state index contributed by atoms with van der Waals surface area (Å²) in [7, 11) is -3.74. The lowest BCUT2D eigenvalue weighted by atomic mass is 10.1. The van der Waals surface area contributed by atoms with E-state index in [0.717, 1.165) is 16.7 Å². The Balaban J connectivity index is 1.91. The van der Waals surface area contributed by atoms with Gasteiger partial charge in [0.15, 0.2) is 11.1 Å². The summed E-state index contributed by atoms with van der Waals surface area (Å²) in [6, 6.07) is 13.7. The lowest BCUT2D eigenvalue weighted by Gasteiger charge is -2.25. The van der Waals surface area contributed by atoms with Crippen molar-refractivity contribution in [3.05, 3.63) is 65.2 Å². The molecule has 2 aromatic rings. The van der Waals surface area contributed by atoms with E-state index < -0.39 is 38.0 Å². The fourth-order valence-electron chi connectivity index (χ4n) is 3.00. The Bertz CT molecular complexity index is 947. The van der Waals surface area contributed by atoms with Crippen LogP contribution in [0.4, 0.5) is 0 Å². The summed E-state index contributed by atoms with van der Waals surface area (Å²) >= 11 is -1.55. The van der Waals surface area contributed by atoms with Gasteiger partial charge in [-0.3, -0.25) is 4.18 Å². The molecule has 1 aliphatic rings. The van der Waals surface area contributed by atoms with E-state index in [2.05, 4.69) is 4.72 Å². The third kappa shape index (κ3) is 4.48. The Kier molecular flexibility index (Phi) is 5.59. The summed E-state index contributed by atoms with van der Waals surface area (Å²) in [5, 5.41) is 0. The molecule has 0 heterocycles. The summed E-state index contributed by atoms with van der Waals surface area (Å²) in [4.78, 5) is 0.202. The van der Waals surface area contributed by atoms with Crippen LogP contribution in [0.5, 0.6) is 0 Å². The highest BCUT2D eigenvalue weighted by Crippen LogP contribution is 2.36. The van der Waals surface area contributed by atoms with Gasteiger partial charge in [-0.25, -0.2) is 17.3 Å². The average Bonchev–Trinajstić information content (AvgIpc) is 2.91. The van der Waals surface area contributed by atoms with Crippen LogP contribution in [0, 0.1) is 6.92 Å². The van der Waals surface area contributed by atoms with E-state index in [4.69, 9.17) is 4.18 Å². The Labute approximate surface area is 163 Å². The monoisotopic (exact) mass is 407 g/mol. The van der Waals surface area contributed by atoms with E-state index in [1.807, 2.05) is 52.0 Å². The van der Waals surface area contributed by atoms with Crippen molar-refractivity contribution in [3.8, 4) is 0 Å². The third-order valence-corrected chi connectivity index (χ3v) is 7.39. The number of sulfonamides is 1. The molecule has 3 atom stereocenters. The molecule has 0 bridgehead atoms. The number of aryl methyl sites for hydroxylation is 1. The molecule has 0 aromatic heterocycles. The van der Waals surface area contributed by atoms with Gasteiger partial charge in [-0.2, -0.15) is 0 Å². The predicted octanol–water partition coefficient (Wildman–Crippen LogP) is 3.42. The normalized spacial score (nSPS) is 21.0. The SMILES string of the molecule is Cc1ccc(S(=O)(=O)N[C@@H]2c3ccccc3C[C@@H]2O[S@](=O)C(C)(C)C)cc1. The molecule has 0 amide bonds. The number of fused-ring (bicyclic) bond motifs is 1. The van der Waals surface area contributed by atoms with Crippen molar-refractivity contribution in [1.82, 2.24) is 4.72 Å². The molecule has 0 radical (unpaired) electrons. The average molecular weight is 408 g/mol. The van der Waals surface area contributed by atoms with Crippen LogP contribution in [0.15, 0.2) is 53.4 Å². The summed E-state index contributed by atoms with van der Waals surface area (Å²) in [6.07, 6.45) is -0.0123. The molecule has 146 valence electrons. The van der Waals surface area contributed by atoms with Crippen molar-refractivity contribution >= 4 is 21.1 Å². The first-order valence-electron chi connectivity index (χ1n) is 8.84. The third-order valence-electron chi connectivity index (χ3n) is 4.51. The van der Waals surface area contributed by atoms with E-state index in [0.29, 0.717) is 6.42 Å². The Hall–Kier alpha value is -1.54. The number of hydrogen-bond acceptors (Lipinski definition) is 4. The van der Waals surface area contributed by atoms with Crippen LogP contribution in [-0.4, -0.2) is 23.5 Å². The molecular formula is C20H25NO4S2. The number of benzene rings is 2. The molecule has 5 nitrogen and oxygen atoms in total. The van der Waals surface area contributed by atoms with Crippen molar-refractivity contribution in [1.29, 1.82) is 0 Å². The van der Waals surface area contributed by atoms with Gasteiger partial charge in [-0.1, -0.05) is 42.0 Å². The van der Waals surface area contributed by atoms with Gasteiger partial charge < -0.3 is 0 Å². The maximum atomic E-state index is 12.9. The second kappa shape index (κ2) is 7.47. The zero-order chi connectivity index (χ0) is 19.8. The van der Waals surface area contributed by atoms with Crippen LogP contribution in [0.1, 0.15) is 43.5 Å². The van der Waals surface area contributed by atoms with Crippen LogP contribution < -0.4 is 4.72 Å². The smallest absolute Gasteiger partial charge is 0.241 e. The largest absolute Gasteiger partial charge is 0.284 e. The molecule has 1 aliphatic carbocycles. The van der Waals surface area contributed by atoms with Crippen LogP contribution in [0.3, 0.4) is 0 Å². The second-order valence-corrected chi connectivity index (χ2v) is 11.4. The van der Waals surface area contributed by atoms with Crippen LogP contribution in [-0.2, 0) is 31.7 Å². The van der Waals surface area contributed by atoms with Crippen LogP contribution in [0.25, 0.3) is 0 Å². The molecule has 2 aromatic carbocycles. The fraction of sp³-hybridized carbons (Fsp3) is 0.400.